The maximum absolute atomic E-state index is 16.5. The van der Waals surface area contributed by atoms with Crippen molar-refractivity contribution in [3.8, 4) is 5.75 Å². The fraction of sp³-hybridized carbons (Fsp3) is 0.613. The van der Waals surface area contributed by atoms with Gasteiger partial charge in [-0.1, -0.05) is 36.8 Å². The lowest BCUT2D eigenvalue weighted by Crippen LogP contribution is -2.57. The van der Waals surface area contributed by atoms with Crippen LogP contribution in [0.1, 0.15) is 57.4 Å². The summed E-state index contributed by atoms with van der Waals surface area (Å²) < 4.78 is 63.1. The van der Waals surface area contributed by atoms with Crippen LogP contribution in [-0.4, -0.2) is 88.2 Å². The number of rotatable bonds is 8. The summed E-state index contributed by atoms with van der Waals surface area (Å²) in [4.78, 5) is 28.3. The first-order valence-corrected chi connectivity index (χ1v) is 14.6. The molecule has 2 N–H and O–H groups in total. The lowest BCUT2D eigenvalue weighted by atomic mass is 9.67. The Morgan fingerprint density at radius 1 is 1.12 bits per heavy atom. The van der Waals surface area contributed by atoms with Gasteiger partial charge in [-0.25, -0.2) is 9.18 Å². The summed E-state index contributed by atoms with van der Waals surface area (Å²) in [5, 5.41) is 19.8. The zero-order chi connectivity index (χ0) is 30.3. The number of alkyl halides is 4. The van der Waals surface area contributed by atoms with Crippen LogP contribution in [0.25, 0.3) is 5.57 Å². The minimum Gasteiger partial charge on any atom is -0.493 e. The third kappa shape index (κ3) is 5.57. The van der Waals surface area contributed by atoms with Gasteiger partial charge in [0.1, 0.15) is 11.3 Å². The third-order valence-corrected chi connectivity index (χ3v) is 9.69. The number of carbonyl (C=O) groups excluding carboxylic acids is 1. The SMILES string of the molecule is CC1(C(=O)O)CC(O)CN1C(=O)C1(F)CC=CC=C1c1ccc(OCC2CCN(CC3(C(F)(F)F)CCC3)CC2)cc1. The highest BCUT2D eigenvalue weighted by molar-refractivity contribution is 6.03. The van der Waals surface area contributed by atoms with Gasteiger partial charge in [-0.3, -0.25) is 4.79 Å². The molecule has 11 heteroatoms. The number of nitrogens with zero attached hydrogens (tertiary/aromatic N) is 2. The van der Waals surface area contributed by atoms with Crippen LogP contribution in [0.4, 0.5) is 17.6 Å². The fourth-order valence-corrected chi connectivity index (χ4v) is 6.75. The van der Waals surface area contributed by atoms with Crippen LogP contribution in [-0.2, 0) is 9.59 Å². The second-order valence-electron chi connectivity index (χ2n) is 12.6. The molecular weight excluding hydrogens is 556 g/mol. The van der Waals surface area contributed by atoms with E-state index < -0.39 is 40.8 Å². The van der Waals surface area contributed by atoms with E-state index in [0.717, 1.165) is 17.7 Å². The molecule has 3 unspecified atom stereocenters. The number of ether oxygens (including phenoxy) is 1. The van der Waals surface area contributed by atoms with Crippen molar-refractivity contribution in [1.29, 1.82) is 0 Å². The number of aliphatic hydroxyl groups is 1. The number of aliphatic hydroxyl groups excluding tert-OH is 1. The molecule has 7 nitrogen and oxygen atoms in total. The lowest BCUT2D eigenvalue weighted by molar-refractivity contribution is -0.256. The number of amides is 1. The average Bonchev–Trinajstić information content (AvgIpc) is 3.24. The van der Waals surface area contributed by atoms with Gasteiger partial charge in [-0.15, -0.1) is 0 Å². The molecule has 2 aliphatic heterocycles. The van der Waals surface area contributed by atoms with E-state index in [1.807, 2.05) is 4.90 Å². The zero-order valence-electron chi connectivity index (χ0n) is 23.7. The number of aliphatic carboxylic acids is 1. The standard InChI is InChI=1S/C31H38F4N2O5/c1-28(27(40)41)17-23(38)18-37(28)26(39)30(32)14-3-2-5-25(30)22-6-8-24(9-7-22)42-19-21-10-15-36(16-11-21)20-29(12-4-13-29)31(33,34)35/h2-3,5-9,21,23,38H,4,10-20H2,1H3,(H,40,41). The Morgan fingerprint density at radius 2 is 1.79 bits per heavy atom. The molecule has 4 aliphatic rings. The van der Waals surface area contributed by atoms with Crippen molar-refractivity contribution in [3.05, 3.63) is 48.1 Å². The average molecular weight is 595 g/mol. The minimum atomic E-state index is -4.16. The van der Waals surface area contributed by atoms with Gasteiger partial charge in [-0.2, -0.15) is 13.2 Å². The summed E-state index contributed by atoms with van der Waals surface area (Å²) in [6.07, 6.45) is 1.55. The maximum Gasteiger partial charge on any atom is 0.395 e. The Kier molecular flexibility index (Phi) is 8.21. The molecule has 0 spiro atoms. The molecule has 1 amide bonds. The van der Waals surface area contributed by atoms with Gasteiger partial charge < -0.3 is 24.7 Å². The summed E-state index contributed by atoms with van der Waals surface area (Å²) in [5.74, 6) is -1.53. The van der Waals surface area contributed by atoms with Crippen molar-refractivity contribution in [2.24, 2.45) is 11.3 Å². The third-order valence-electron chi connectivity index (χ3n) is 9.69. The van der Waals surface area contributed by atoms with E-state index in [1.54, 1.807) is 30.3 Å². The highest BCUT2D eigenvalue weighted by Crippen LogP contribution is 2.53. The summed E-state index contributed by atoms with van der Waals surface area (Å²) in [5.41, 5.74) is -5.22. The molecule has 1 aromatic rings. The second kappa shape index (κ2) is 11.3. The van der Waals surface area contributed by atoms with Crippen LogP contribution in [0, 0.1) is 11.3 Å². The van der Waals surface area contributed by atoms with E-state index in [9.17, 15) is 33.0 Å². The number of allylic oxidation sites excluding steroid dienone is 3. The molecule has 1 saturated carbocycles. The first-order valence-electron chi connectivity index (χ1n) is 14.6. The number of hydrogen-bond donors (Lipinski definition) is 2. The molecule has 0 aromatic heterocycles. The molecule has 2 heterocycles. The van der Waals surface area contributed by atoms with Crippen molar-refractivity contribution >= 4 is 17.4 Å². The largest absolute Gasteiger partial charge is 0.493 e. The van der Waals surface area contributed by atoms with E-state index in [4.69, 9.17) is 4.74 Å². The Hall–Kier alpha value is -2.92. The Morgan fingerprint density at radius 3 is 2.36 bits per heavy atom. The normalized spacial score (nSPS) is 30.1. The van der Waals surface area contributed by atoms with Gasteiger partial charge in [0.2, 0.25) is 5.67 Å². The number of carbonyl (C=O) groups is 2. The molecule has 2 aliphatic carbocycles. The first kappa shape index (κ1) is 30.5. The second-order valence-corrected chi connectivity index (χ2v) is 12.6. The summed E-state index contributed by atoms with van der Waals surface area (Å²) in [7, 11) is 0. The quantitative estimate of drug-likeness (QED) is 0.412. The summed E-state index contributed by atoms with van der Waals surface area (Å²) >= 11 is 0. The number of likely N-dealkylation sites (tertiary alicyclic amines) is 2. The molecule has 0 bridgehead atoms. The maximum atomic E-state index is 16.5. The number of β-amino-alcohol motifs (C(OH)–C–C–N with tert-alkyl or cyclic N) is 1. The lowest BCUT2D eigenvalue weighted by Gasteiger charge is -2.47. The minimum absolute atomic E-state index is 0.0725. The molecule has 42 heavy (non-hydrogen) atoms. The number of hydrogen-bond acceptors (Lipinski definition) is 5. The van der Waals surface area contributed by atoms with Crippen molar-refractivity contribution < 1.29 is 42.1 Å². The van der Waals surface area contributed by atoms with E-state index in [-0.39, 0.29) is 50.3 Å². The van der Waals surface area contributed by atoms with Crippen LogP contribution in [0.2, 0.25) is 0 Å². The van der Waals surface area contributed by atoms with Crippen LogP contribution in [0.15, 0.2) is 42.5 Å². The van der Waals surface area contributed by atoms with Crippen molar-refractivity contribution in [2.45, 2.75) is 75.4 Å². The Balaban J connectivity index is 1.18. The first-order chi connectivity index (χ1) is 19.8. The van der Waals surface area contributed by atoms with Gasteiger partial charge in [-0.05, 0) is 69.3 Å². The van der Waals surface area contributed by atoms with Gasteiger partial charge in [0.05, 0.1) is 18.1 Å². The van der Waals surface area contributed by atoms with Crippen molar-refractivity contribution in [3.63, 3.8) is 0 Å². The number of halogens is 4. The molecule has 2 saturated heterocycles. The molecule has 0 radical (unpaired) electrons. The van der Waals surface area contributed by atoms with Gasteiger partial charge >= 0.3 is 12.1 Å². The van der Waals surface area contributed by atoms with Crippen LogP contribution in [0.5, 0.6) is 5.75 Å². The Labute approximate surface area is 242 Å². The number of benzene rings is 1. The van der Waals surface area contributed by atoms with E-state index in [1.165, 1.54) is 19.1 Å². The predicted molar refractivity (Wildman–Crippen MR) is 147 cm³/mol. The molecule has 5 rings (SSSR count). The van der Waals surface area contributed by atoms with Gasteiger partial charge in [0, 0.05) is 31.5 Å². The van der Waals surface area contributed by atoms with Crippen LogP contribution < -0.4 is 4.74 Å². The molecule has 230 valence electrons. The van der Waals surface area contributed by atoms with E-state index >= 15 is 4.39 Å². The van der Waals surface area contributed by atoms with Crippen molar-refractivity contribution in [1.82, 2.24) is 9.80 Å². The molecule has 3 fully saturated rings. The Bertz CT molecular complexity index is 1240. The smallest absolute Gasteiger partial charge is 0.395 e. The summed E-state index contributed by atoms with van der Waals surface area (Å²) in [6.45, 7) is 2.75. The fourth-order valence-electron chi connectivity index (χ4n) is 6.75. The number of carboxylic acid groups (broad SMARTS) is 1. The van der Waals surface area contributed by atoms with Crippen molar-refractivity contribution in [2.75, 3.05) is 32.8 Å². The monoisotopic (exact) mass is 594 g/mol. The number of piperidine rings is 1. The van der Waals surface area contributed by atoms with Crippen LogP contribution >= 0.6 is 0 Å². The van der Waals surface area contributed by atoms with E-state index in [0.29, 0.717) is 37.4 Å². The molecule has 3 atom stereocenters. The summed E-state index contributed by atoms with van der Waals surface area (Å²) in [6, 6.07) is 6.66. The molecular formula is C31H38F4N2O5. The van der Waals surface area contributed by atoms with Crippen LogP contribution in [0.3, 0.4) is 0 Å². The topological polar surface area (TPSA) is 90.3 Å². The van der Waals surface area contributed by atoms with E-state index in [2.05, 4.69) is 0 Å². The van der Waals surface area contributed by atoms with Gasteiger partial charge in [0.25, 0.3) is 5.91 Å². The predicted octanol–water partition coefficient (Wildman–Crippen LogP) is 5.00. The highest BCUT2D eigenvalue weighted by atomic mass is 19.4. The highest BCUT2D eigenvalue weighted by Gasteiger charge is 2.59. The van der Waals surface area contributed by atoms with Gasteiger partial charge in [0.15, 0.2) is 0 Å². The zero-order valence-corrected chi connectivity index (χ0v) is 23.7. The molecule has 1 aromatic carbocycles. The number of carboxylic acids is 1.